The van der Waals surface area contributed by atoms with Gasteiger partial charge in [-0.3, -0.25) is 4.79 Å². The van der Waals surface area contributed by atoms with Crippen LogP contribution in [0.2, 0.25) is 0 Å². The molecule has 1 atom stereocenters. The van der Waals surface area contributed by atoms with Crippen molar-refractivity contribution in [3.63, 3.8) is 0 Å². The molecule has 5 nitrogen and oxygen atoms in total. The summed E-state index contributed by atoms with van der Waals surface area (Å²) < 4.78 is 6.09. The van der Waals surface area contributed by atoms with Crippen LogP contribution in [0.4, 0.5) is 5.69 Å². The Hall–Kier alpha value is -2.44. The molecule has 2 N–H and O–H groups in total. The summed E-state index contributed by atoms with van der Waals surface area (Å²) in [6.07, 6.45) is 4.01. The summed E-state index contributed by atoms with van der Waals surface area (Å²) in [5.41, 5.74) is 4.05. The third kappa shape index (κ3) is 5.92. The van der Waals surface area contributed by atoms with E-state index < -0.39 is 17.7 Å². The van der Waals surface area contributed by atoms with Crippen LogP contribution >= 0.6 is 11.3 Å². The number of thiophene rings is 1. The van der Waals surface area contributed by atoms with E-state index in [-0.39, 0.29) is 11.3 Å². The molecule has 1 aromatic heterocycles. The quantitative estimate of drug-likeness (QED) is 0.468. The predicted molar refractivity (Wildman–Crippen MR) is 136 cm³/mol. The topological polar surface area (TPSA) is 75.6 Å². The van der Waals surface area contributed by atoms with Gasteiger partial charge in [0, 0.05) is 39.1 Å². The number of benzene rings is 1. The minimum absolute atomic E-state index is 0.143. The zero-order valence-electron chi connectivity index (χ0n) is 20.7. The summed E-state index contributed by atoms with van der Waals surface area (Å²) in [5, 5.41) is 13.1. The first kappa shape index (κ1) is 25.2. The maximum Gasteiger partial charge on any atom is 0.337 e. The Balaban J connectivity index is 2.28. The maximum absolute atomic E-state index is 12.4. The van der Waals surface area contributed by atoms with Gasteiger partial charge in [-0.15, -0.1) is 11.3 Å². The van der Waals surface area contributed by atoms with Gasteiger partial charge in [0.2, 0.25) is 5.91 Å². The molecule has 1 aliphatic carbocycles. The Labute approximate surface area is 200 Å². The average molecular weight is 470 g/mol. The van der Waals surface area contributed by atoms with Crippen molar-refractivity contribution in [1.82, 2.24) is 0 Å². The number of hydrogen-bond donors (Lipinski definition) is 2. The standard InChI is InChI=1S/C27H35NO4S/c1-16-21(23(25(30)31)32-26(3,4)5)22(18-12-14-27(6,7)15-13-18)24(33-16)19-10-8-9-11-20(19)28-17(2)29/h8-12,23H,13-15H2,1-7H3,(H,28,29)(H,30,31). The molecule has 0 bridgehead atoms. The van der Waals surface area contributed by atoms with Gasteiger partial charge in [0.15, 0.2) is 6.10 Å². The highest BCUT2D eigenvalue weighted by molar-refractivity contribution is 7.16. The van der Waals surface area contributed by atoms with Crippen molar-refractivity contribution in [2.24, 2.45) is 5.41 Å². The lowest BCUT2D eigenvalue weighted by molar-refractivity contribution is -0.160. The van der Waals surface area contributed by atoms with Gasteiger partial charge in [0.25, 0.3) is 0 Å². The van der Waals surface area contributed by atoms with Crippen LogP contribution in [0.25, 0.3) is 16.0 Å². The third-order valence-corrected chi connectivity index (χ3v) is 7.02. The van der Waals surface area contributed by atoms with Gasteiger partial charge in [-0.05, 0) is 64.0 Å². The van der Waals surface area contributed by atoms with Crippen molar-refractivity contribution in [2.75, 3.05) is 5.32 Å². The summed E-state index contributed by atoms with van der Waals surface area (Å²) >= 11 is 1.57. The van der Waals surface area contributed by atoms with E-state index >= 15 is 0 Å². The first-order chi connectivity index (χ1) is 15.3. The second-order valence-corrected chi connectivity index (χ2v) is 11.8. The van der Waals surface area contributed by atoms with Crippen LogP contribution in [-0.4, -0.2) is 22.6 Å². The zero-order valence-corrected chi connectivity index (χ0v) is 21.5. The van der Waals surface area contributed by atoms with E-state index in [9.17, 15) is 14.7 Å². The Kier molecular flexibility index (Phi) is 7.20. The van der Waals surface area contributed by atoms with Crippen molar-refractivity contribution in [3.8, 4) is 10.4 Å². The molecule has 0 fully saturated rings. The summed E-state index contributed by atoms with van der Waals surface area (Å²) in [6, 6.07) is 7.70. The molecule has 3 rings (SSSR count). The highest BCUT2D eigenvalue weighted by Gasteiger charge is 2.35. The summed E-state index contributed by atoms with van der Waals surface area (Å²) in [7, 11) is 0. The minimum Gasteiger partial charge on any atom is -0.479 e. The number of carbonyl (C=O) groups is 2. The molecule has 1 aliphatic rings. The first-order valence-corrected chi connectivity index (χ1v) is 12.2. The molecule has 0 saturated heterocycles. The predicted octanol–water partition coefficient (Wildman–Crippen LogP) is 7.22. The van der Waals surface area contributed by atoms with Crippen LogP contribution in [0.3, 0.4) is 0 Å². The van der Waals surface area contributed by atoms with Gasteiger partial charge >= 0.3 is 5.97 Å². The molecule has 0 radical (unpaired) electrons. The Morgan fingerprint density at radius 2 is 1.88 bits per heavy atom. The molecule has 33 heavy (non-hydrogen) atoms. The van der Waals surface area contributed by atoms with E-state index in [1.165, 1.54) is 6.92 Å². The molecule has 1 unspecified atom stereocenters. The second kappa shape index (κ2) is 9.43. The molecular formula is C27H35NO4S. The van der Waals surface area contributed by atoms with Gasteiger partial charge in [-0.25, -0.2) is 4.79 Å². The van der Waals surface area contributed by atoms with Gasteiger partial charge < -0.3 is 15.2 Å². The number of anilines is 1. The van der Waals surface area contributed by atoms with E-state index in [1.54, 1.807) is 11.3 Å². The number of aryl methyl sites for hydroxylation is 1. The minimum atomic E-state index is -1.08. The van der Waals surface area contributed by atoms with E-state index in [0.717, 1.165) is 57.0 Å². The number of hydrogen-bond acceptors (Lipinski definition) is 4. The number of rotatable bonds is 6. The van der Waals surface area contributed by atoms with Crippen LogP contribution in [-0.2, 0) is 14.3 Å². The molecule has 0 aliphatic heterocycles. The second-order valence-electron chi connectivity index (χ2n) is 10.5. The highest BCUT2D eigenvalue weighted by Crippen LogP contribution is 2.50. The number of nitrogens with one attached hydrogen (secondary N) is 1. The largest absolute Gasteiger partial charge is 0.479 e. The maximum atomic E-state index is 12.4. The van der Waals surface area contributed by atoms with Crippen LogP contribution in [0.15, 0.2) is 30.3 Å². The number of aliphatic carboxylic acids is 1. The summed E-state index contributed by atoms with van der Waals surface area (Å²) in [5.74, 6) is -1.14. The Morgan fingerprint density at radius 1 is 1.21 bits per heavy atom. The molecule has 1 heterocycles. The van der Waals surface area contributed by atoms with Crippen LogP contribution < -0.4 is 5.32 Å². The van der Waals surface area contributed by atoms with Gasteiger partial charge in [-0.1, -0.05) is 38.1 Å². The first-order valence-electron chi connectivity index (χ1n) is 11.4. The van der Waals surface area contributed by atoms with Crippen LogP contribution in [0.5, 0.6) is 0 Å². The molecule has 0 saturated carbocycles. The lowest BCUT2D eigenvalue weighted by Crippen LogP contribution is -2.28. The fourth-order valence-electron chi connectivity index (χ4n) is 4.25. The molecule has 178 valence electrons. The fraction of sp³-hybridized carbons (Fsp3) is 0.481. The van der Waals surface area contributed by atoms with Crippen LogP contribution in [0, 0.1) is 12.3 Å². The molecule has 6 heteroatoms. The normalized spacial score (nSPS) is 16.8. The van der Waals surface area contributed by atoms with Gasteiger partial charge in [0.1, 0.15) is 0 Å². The highest BCUT2D eigenvalue weighted by atomic mass is 32.1. The van der Waals surface area contributed by atoms with Crippen molar-refractivity contribution in [3.05, 3.63) is 46.3 Å². The molecule has 2 aromatic rings. The van der Waals surface area contributed by atoms with Gasteiger partial charge in [-0.2, -0.15) is 0 Å². The van der Waals surface area contributed by atoms with E-state index in [4.69, 9.17) is 4.74 Å². The number of amides is 1. The van der Waals surface area contributed by atoms with Crippen LogP contribution in [0.1, 0.15) is 82.9 Å². The number of carboxylic acids is 1. The lowest BCUT2D eigenvalue weighted by atomic mass is 9.76. The smallest absolute Gasteiger partial charge is 0.337 e. The number of carboxylic acid groups (broad SMARTS) is 1. The van der Waals surface area contributed by atoms with Crippen molar-refractivity contribution in [2.45, 2.75) is 79.4 Å². The number of allylic oxidation sites excluding steroid dienone is 2. The number of carbonyl (C=O) groups excluding carboxylic acids is 1. The van der Waals surface area contributed by atoms with E-state index in [1.807, 2.05) is 52.0 Å². The van der Waals surface area contributed by atoms with Crippen molar-refractivity contribution >= 4 is 34.5 Å². The third-order valence-electron chi connectivity index (χ3n) is 5.86. The number of ether oxygens (including phenoxy) is 1. The monoisotopic (exact) mass is 469 g/mol. The van der Waals surface area contributed by atoms with E-state index in [2.05, 4.69) is 25.2 Å². The molecule has 1 aromatic carbocycles. The Bertz CT molecular complexity index is 1090. The number of para-hydroxylation sites is 1. The average Bonchev–Trinajstić information content (AvgIpc) is 3.02. The summed E-state index contributed by atoms with van der Waals surface area (Å²) in [4.78, 5) is 26.2. The summed E-state index contributed by atoms with van der Waals surface area (Å²) in [6.45, 7) is 13.6. The lowest BCUT2D eigenvalue weighted by Gasteiger charge is -2.31. The van der Waals surface area contributed by atoms with Gasteiger partial charge in [0.05, 0.1) is 5.60 Å². The Morgan fingerprint density at radius 3 is 2.42 bits per heavy atom. The zero-order chi connectivity index (χ0) is 24.6. The molecular weight excluding hydrogens is 434 g/mol. The van der Waals surface area contributed by atoms with Crippen molar-refractivity contribution in [1.29, 1.82) is 0 Å². The van der Waals surface area contributed by atoms with Crippen molar-refractivity contribution < 1.29 is 19.4 Å². The SMILES string of the molecule is CC(=O)Nc1ccccc1-c1sc(C)c(C(OC(C)(C)C)C(=O)O)c1C1=CCC(C)(C)CC1. The molecule has 1 amide bonds. The molecule has 0 spiro atoms. The van der Waals surface area contributed by atoms with E-state index in [0.29, 0.717) is 0 Å². The fourth-order valence-corrected chi connectivity index (χ4v) is 5.51.